The molecule has 0 aliphatic heterocycles. The van der Waals surface area contributed by atoms with Gasteiger partial charge in [0, 0.05) is 5.56 Å². The van der Waals surface area contributed by atoms with Gasteiger partial charge in [0.25, 0.3) is 0 Å². The second-order valence-electron chi connectivity index (χ2n) is 4.83. The van der Waals surface area contributed by atoms with Gasteiger partial charge in [-0.25, -0.2) is 5.10 Å². The molecule has 1 N–H and O–H groups in total. The van der Waals surface area contributed by atoms with Crippen molar-refractivity contribution in [3.63, 3.8) is 0 Å². The molecule has 1 heterocycles. The molecule has 2 aromatic carbocycles. The van der Waals surface area contributed by atoms with E-state index in [1.54, 1.807) is 6.07 Å². The molecule has 24 heavy (non-hydrogen) atoms. The van der Waals surface area contributed by atoms with Crippen LogP contribution in [0.1, 0.15) is 5.56 Å². The summed E-state index contributed by atoms with van der Waals surface area (Å²) >= 11 is 17.7. The van der Waals surface area contributed by atoms with Crippen LogP contribution in [-0.4, -0.2) is 21.1 Å². The van der Waals surface area contributed by atoms with Gasteiger partial charge in [-0.3, -0.25) is 0 Å². The van der Waals surface area contributed by atoms with Crippen molar-refractivity contribution >= 4 is 47.7 Å². The Bertz CT molecular complexity index is 958. The zero-order chi connectivity index (χ0) is 16.9. The van der Waals surface area contributed by atoms with Gasteiger partial charge in [0.2, 0.25) is 4.77 Å². The SMILES string of the molecule is S=c1[nH]nc(-c2ccccc2Cl)n1/N=C\C(Cl)=C\c1ccccc1. The third-order valence-electron chi connectivity index (χ3n) is 3.17. The Morgan fingerprint density at radius 1 is 1.12 bits per heavy atom. The second-order valence-corrected chi connectivity index (χ2v) is 6.06. The average Bonchev–Trinajstić information content (AvgIpc) is 2.95. The molecule has 0 saturated heterocycles. The van der Waals surface area contributed by atoms with E-state index in [9.17, 15) is 0 Å². The molecule has 0 saturated carbocycles. The van der Waals surface area contributed by atoms with Crippen molar-refractivity contribution in [3.05, 3.63) is 75.0 Å². The molecule has 7 heteroatoms. The average molecular weight is 375 g/mol. The Morgan fingerprint density at radius 2 is 1.83 bits per heavy atom. The summed E-state index contributed by atoms with van der Waals surface area (Å²) in [6.07, 6.45) is 3.32. The minimum absolute atomic E-state index is 0.352. The maximum Gasteiger partial charge on any atom is 0.216 e. The molecule has 0 aliphatic carbocycles. The molecule has 0 atom stereocenters. The molecule has 0 unspecified atom stereocenters. The quantitative estimate of drug-likeness (QED) is 0.492. The molecule has 4 nitrogen and oxygen atoms in total. The standard InChI is InChI=1S/C17H12Cl2N4S/c18-13(10-12-6-2-1-3-7-12)11-20-23-16(21-22-17(23)24)14-8-4-5-9-15(14)19/h1-11H,(H,22,24)/b13-10-,20-11-. The Balaban J connectivity index is 1.94. The van der Waals surface area contributed by atoms with Gasteiger partial charge in [-0.2, -0.15) is 14.9 Å². The highest BCUT2D eigenvalue weighted by molar-refractivity contribution is 7.71. The number of aromatic nitrogens is 3. The van der Waals surface area contributed by atoms with Crippen LogP contribution in [0, 0.1) is 4.77 Å². The summed E-state index contributed by atoms with van der Waals surface area (Å²) in [6.45, 7) is 0. The summed E-state index contributed by atoms with van der Waals surface area (Å²) < 4.78 is 1.84. The van der Waals surface area contributed by atoms with E-state index >= 15 is 0 Å². The van der Waals surface area contributed by atoms with E-state index in [-0.39, 0.29) is 0 Å². The molecule has 3 aromatic rings. The van der Waals surface area contributed by atoms with E-state index in [4.69, 9.17) is 35.4 Å². The third-order valence-corrected chi connectivity index (χ3v) is 3.97. The second kappa shape index (κ2) is 7.57. The van der Waals surface area contributed by atoms with Crippen molar-refractivity contribution in [2.45, 2.75) is 0 Å². The van der Waals surface area contributed by atoms with Gasteiger partial charge in [0.1, 0.15) is 0 Å². The van der Waals surface area contributed by atoms with Crippen molar-refractivity contribution < 1.29 is 0 Å². The smallest absolute Gasteiger partial charge is 0.216 e. The van der Waals surface area contributed by atoms with Crippen molar-refractivity contribution in [1.82, 2.24) is 14.9 Å². The summed E-state index contributed by atoms with van der Waals surface area (Å²) in [7, 11) is 0. The normalized spacial score (nSPS) is 12.0. The zero-order valence-electron chi connectivity index (χ0n) is 12.4. The Morgan fingerprint density at radius 3 is 2.58 bits per heavy atom. The Kier molecular flexibility index (Phi) is 5.25. The zero-order valence-corrected chi connectivity index (χ0v) is 14.7. The van der Waals surface area contributed by atoms with Crippen LogP contribution in [0.15, 0.2) is 64.7 Å². The first-order valence-corrected chi connectivity index (χ1v) is 8.20. The number of hydrogen-bond donors (Lipinski definition) is 1. The summed E-state index contributed by atoms with van der Waals surface area (Å²) in [5.41, 5.74) is 1.71. The number of rotatable bonds is 4. The molecule has 0 amide bonds. The molecule has 0 spiro atoms. The maximum absolute atomic E-state index is 6.22. The number of hydrogen-bond acceptors (Lipinski definition) is 3. The van der Waals surface area contributed by atoms with Crippen LogP contribution in [-0.2, 0) is 0 Å². The molecular weight excluding hydrogens is 363 g/mol. The minimum Gasteiger partial charge on any atom is -0.250 e. The summed E-state index contributed by atoms with van der Waals surface area (Å²) in [5.74, 6) is 0.519. The lowest BCUT2D eigenvalue weighted by atomic mass is 10.2. The van der Waals surface area contributed by atoms with Crippen molar-refractivity contribution in [2.75, 3.05) is 0 Å². The lowest BCUT2D eigenvalue weighted by Crippen LogP contribution is -1.95. The van der Waals surface area contributed by atoms with Crippen molar-refractivity contribution in [3.8, 4) is 11.4 Å². The third kappa shape index (κ3) is 3.82. The van der Waals surface area contributed by atoms with E-state index in [0.717, 1.165) is 11.1 Å². The molecule has 1 aromatic heterocycles. The monoisotopic (exact) mass is 374 g/mol. The van der Waals surface area contributed by atoms with Crippen LogP contribution in [0.5, 0.6) is 0 Å². The first-order chi connectivity index (χ1) is 11.6. The van der Waals surface area contributed by atoms with Crippen molar-refractivity contribution in [2.24, 2.45) is 5.10 Å². The number of nitrogens with zero attached hydrogens (tertiary/aromatic N) is 3. The highest BCUT2D eigenvalue weighted by atomic mass is 35.5. The topological polar surface area (TPSA) is 46.0 Å². The van der Waals surface area contributed by atoms with Crippen LogP contribution in [0.4, 0.5) is 0 Å². The minimum atomic E-state index is 0.352. The number of aromatic amines is 1. The van der Waals surface area contributed by atoms with Gasteiger partial charge in [0.05, 0.1) is 16.3 Å². The van der Waals surface area contributed by atoms with Gasteiger partial charge >= 0.3 is 0 Å². The van der Waals surface area contributed by atoms with Gasteiger partial charge in [-0.1, -0.05) is 65.7 Å². The van der Waals surface area contributed by atoms with Gasteiger partial charge < -0.3 is 0 Å². The van der Waals surface area contributed by atoms with E-state index < -0.39 is 0 Å². The molecule has 0 bridgehead atoms. The van der Waals surface area contributed by atoms with Gasteiger partial charge in [0.15, 0.2) is 5.82 Å². The predicted octanol–water partition coefficient (Wildman–Crippen LogP) is 5.37. The lowest BCUT2D eigenvalue weighted by molar-refractivity contribution is 0.872. The summed E-state index contributed by atoms with van der Waals surface area (Å²) in [5, 5.41) is 12.3. The van der Waals surface area contributed by atoms with E-state index in [0.29, 0.717) is 20.7 Å². The molecular formula is C17H12Cl2N4S. The summed E-state index contributed by atoms with van der Waals surface area (Å²) in [4.78, 5) is 0. The van der Waals surface area contributed by atoms with Crippen LogP contribution in [0.3, 0.4) is 0 Å². The first kappa shape index (κ1) is 16.6. The van der Waals surface area contributed by atoms with Crippen LogP contribution in [0.25, 0.3) is 17.5 Å². The first-order valence-electron chi connectivity index (χ1n) is 7.04. The number of H-pyrrole nitrogens is 1. The van der Waals surface area contributed by atoms with Gasteiger partial charge in [-0.15, -0.1) is 0 Å². The Labute approximate surface area is 154 Å². The fraction of sp³-hybridized carbons (Fsp3) is 0. The lowest BCUT2D eigenvalue weighted by Gasteiger charge is -2.02. The van der Waals surface area contributed by atoms with E-state index in [1.165, 1.54) is 10.9 Å². The number of benzene rings is 2. The van der Waals surface area contributed by atoms with Crippen LogP contribution in [0.2, 0.25) is 5.02 Å². The number of nitrogens with one attached hydrogen (secondary N) is 1. The Hall–Kier alpha value is -2.21. The molecule has 0 fully saturated rings. The number of halogens is 2. The van der Waals surface area contributed by atoms with Crippen LogP contribution >= 0.6 is 35.4 Å². The number of allylic oxidation sites excluding steroid dienone is 1. The molecule has 3 rings (SSSR count). The molecule has 0 aliphatic rings. The highest BCUT2D eigenvalue weighted by Crippen LogP contribution is 2.25. The van der Waals surface area contributed by atoms with Crippen LogP contribution < -0.4 is 0 Å². The van der Waals surface area contributed by atoms with E-state index in [1.807, 2.05) is 54.6 Å². The fourth-order valence-electron chi connectivity index (χ4n) is 2.07. The fourth-order valence-corrected chi connectivity index (χ4v) is 2.64. The highest BCUT2D eigenvalue weighted by Gasteiger charge is 2.11. The maximum atomic E-state index is 6.22. The largest absolute Gasteiger partial charge is 0.250 e. The van der Waals surface area contributed by atoms with Gasteiger partial charge in [-0.05, 0) is 36.0 Å². The summed E-state index contributed by atoms with van der Waals surface area (Å²) in [6, 6.07) is 17.1. The van der Waals surface area contributed by atoms with E-state index in [2.05, 4.69) is 15.3 Å². The molecule has 120 valence electrons. The van der Waals surface area contributed by atoms with Crippen molar-refractivity contribution in [1.29, 1.82) is 0 Å². The molecule has 0 radical (unpaired) electrons. The predicted molar refractivity (Wildman–Crippen MR) is 102 cm³/mol.